The number of amides is 2. The molecule has 36 heavy (non-hydrogen) atoms. The topological polar surface area (TPSA) is 98.7 Å². The average molecular weight is 538 g/mol. The lowest BCUT2D eigenvalue weighted by Gasteiger charge is -2.35. The Bertz CT molecular complexity index is 1270. The van der Waals surface area contributed by atoms with Crippen LogP contribution in [0.25, 0.3) is 0 Å². The van der Waals surface area contributed by atoms with Gasteiger partial charge in [-0.3, -0.25) is 19.3 Å². The standard InChI is InChI=1S/C25H23Cl2F2N3O4/c1-12-2-4-13(5-3-12)6-7-30-21(33)18-17-10-24(28,29)11-32(17)25(19(18)22(34)35)15-8-14(26)9-16(27)20(15)31-23(25)36/h2-5,8-9,17-19H,6-7,10-11H2,1H3,(H,30,33)(H,31,36)(H,34,35). The van der Waals surface area contributed by atoms with Crippen LogP contribution >= 0.6 is 23.2 Å². The third kappa shape index (κ3) is 3.76. The normalized spacial score (nSPS) is 28.1. The Morgan fingerprint density at radius 2 is 1.92 bits per heavy atom. The highest BCUT2D eigenvalue weighted by Gasteiger charge is 2.74. The number of anilines is 1. The van der Waals surface area contributed by atoms with Gasteiger partial charge in [-0.1, -0.05) is 53.0 Å². The molecule has 0 bridgehead atoms. The lowest BCUT2D eigenvalue weighted by Crippen LogP contribution is -2.54. The van der Waals surface area contributed by atoms with Gasteiger partial charge in [0.2, 0.25) is 5.91 Å². The Kier molecular flexibility index (Phi) is 6.01. The van der Waals surface area contributed by atoms with Crippen LogP contribution in [0.3, 0.4) is 0 Å². The second-order valence-corrected chi connectivity index (χ2v) is 10.5. The fourth-order valence-electron chi connectivity index (χ4n) is 6.00. The molecule has 11 heteroatoms. The zero-order chi connectivity index (χ0) is 26.0. The molecule has 3 N–H and O–H groups in total. The predicted octanol–water partition coefficient (Wildman–Crippen LogP) is 3.85. The van der Waals surface area contributed by atoms with Gasteiger partial charge in [-0.15, -0.1) is 0 Å². The molecule has 3 aliphatic rings. The third-order valence-electron chi connectivity index (χ3n) is 7.44. The van der Waals surface area contributed by atoms with E-state index in [1.165, 1.54) is 17.0 Å². The molecule has 3 heterocycles. The number of carboxylic acids is 1. The number of aryl methyl sites for hydroxylation is 1. The highest BCUT2D eigenvalue weighted by Crippen LogP contribution is 2.60. The van der Waals surface area contributed by atoms with Crippen molar-refractivity contribution in [2.24, 2.45) is 11.8 Å². The highest BCUT2D eigenvalue weighted by atomic mass is 35.5. The minimum absolute atomic E-state index is 0.0559. The minimum atomic E-state index is -3.22. The summed E-state index contributed by atoms with van der Waals surface area (Å²) >= 11 is 12.5. The first-order valence-electron chi connectivity index (χ1n) is 11.5. The molecule has 0 aromatic heterocycles. The molecule has 2 amide bonds. The summed E-state index contributed by atoms with van der Waals surface area (Å²) in [5.41, 5.74) is 0.197. The van der Waals surface area contributed by atoms with Crippen LogP contribution in [-0.4, -0.2) is 52.8 Å². The Morgan fingerprint density at radius 3 is 2.58 bits per heavy atom. The zero-order valence-corrected chi connectivity index (χ0v) is 20.7. The fraction of sp³-hybridized carbons (Fsp3) is 0.400. The summed E-state index contributed by atoms with van der Waals surface area (Å²) in [4.78, 5) is 40.8. The predicted molar refractivity (Wildman–Crippen MR) is 129 cm³/mol. The molecule has 0 radical (unpaired) electrons. The summed E-state index contributed by atoms with van der Waals surface area (Å²) in [6.45, 7) is 1.27. The number of nitrogens with one attached hydrogen (secondary N) is 2. The first-order valence-corrected chi connectivity index (χ1v) is 12.2. The number of alkyl halides is 2. The lowest BCUT2D eigenvalue weighted by atomic mass is 9.73. The van der Waals surface area contributed by atoms with E-state index in [1.54, 1.807) is 0 Å². The summed E-state index contributed by atoms with van der Waals surface area (Å²) in [6.07, 6.45) is -0.272. The van der Waals surface area contributed by atoms with E-state index in [4.69, 9.17) is 23.2 Å². The van der Waals surface area contributed by atoms with E-state index in [1.807, 2.05) is 31.2 Å². The van der Waals surface area contributed by atoms with Crippen LogP contribution in [0.2, 0.25) is 10.0 Å². The maximum atomic E-state index is 14.7. The van der Waals surface area contributed by atoms with E-state index in [-0.39, 0.29) is 27.8 Å². The Balaban J connectivity index is 1.54. The van der Waals surface area contributed by atoms with Crippen LogP contribution in [0.5, 0.6) is 0 Å². The van der Waals surface area contributed by atoms with E-state index < -0.39 is 60.1 Å². The van der Waals surface area contributed by atoms with Crippen molar-refractivity contribution in [1.29, 1.82) is 0 Å². The number of rotatable bonds is 5. The van der Waals surface area contributed by atoms with E-state index >= 15 is 0 Å². The van der Waals surface area contributed by atoms with Crippen LogP contribution in [0.1, 0.15) is 23.1 Å². The monoisotopic (exact) mass is 537 g/mol. The summed E-state index contributed by atoms with van der Waals surface area (Å²) in [5.74, 6) is -9.18. The van der Waals surface area contributed by atoms with Crippen LogP contribution in [0, 0.1) is 18.8 Å². The van der Waals surface area contributed by atoms with Gasteiger partial charge in [0.25, 0.3) is 11.8 Å². The van der Waals surface area contributed by atoms with E-state index in [2.05, 4.69) is 10.6 Å². The Morgan fingerprint density at radius 1 is 1.22 bits per heavy atom. The summed E-state index contributed by atoms with van der Waals surface area (Å²) < 4.78 is 29.5. The molecule has 2 aromatic rings. The van der Waals surface area contributed by atoms with Crippen molar-refractivity contribution in [2.75, 3.05) is 18.4 Å². The number of carbonyl (C=O) groups is 3. The van der Waals surface area contributed by atoms with Gasteiger partial charge in [-0.2, -0.15) is 0 Å². The van der Waals surface area contributed by atoms with Gasteiger partial charge in [-0.05, 0) is 31.0 Å². The van der Waals surface area contributed by atoms with Crippen molar-refractivity contribution >= 4 is 46.7 Å². The Hall–Kier alpha value is -2.75. The maximum Gasteiger partial charge on any atom is 0.310 e. The number of carboxylic acid groups (broad SMARTS) is 1. The average Bonchev–Trinajstić information content (AvgIpc) is 3.36. The van der Waals surface area contributed by atoms with Gasteiger partial charge < -0.3 is 15.7 Å². The molecule has 5 rings (SSSR count). The van der Waals surface area contributed by atoms with Crippen molar-refractivity contribution in [1.82, 2.24) is 10.2 Å². The summed E-state index contributed by atoms with van der Waals surface area (Å²) in [6, 6.07) is 9.26. The summed E-state index contributed by atoms with van der Waals surface area (Å²) in [7, 11) is 0. The number of hydrogen-bond donors (Lipinski definition) is 3. The number of benzene rings is 2. The fourth-order valence-corrected chi connectivity index (χ4v) is 6.54. The maximum absolute atomic E-state index is 14.7. The molecule has 2 saturated heterocycles. The quantitative estimate of drug-likeness (QED) is 0.538. The Labute approximate surface area is 215 Å². The first kappa shape index (κ1) is 24.9. The molecular weight excluding hydrogens is 515 g/mol. The van der Waals surface area contributed by atoms with Crippen molar-refractivity contribution in [2.45, 2.75) is 37.3 Å². The highest BCUT2D eigenvalue weighted by molar-refractivity contribution is 6.38. The second-order valence-electron chi connectivity index (χ2n) is 9.65. The lowest BCUT2D eigenvalue weighted by molar-refractivity contribution is -0.153. The molecule has 1 spiro atoms. The molecule has 0 saturated carbocycles. The van der Waals surface area contributed by atoms with Crippen LogP contribution in [-0.2, 0) is 26.3 Å². The zero-order valence-electron chi connectivity index (χ0n) is 19.2. The smallest absolute Gasteiger partial charge is 0.310 e. The van der Waals surface area contributed by atoms with Crippen molar-refractivity contribution in [3.8, 4) is 0 Å². The molecular formula is C25H23Cl2F2N3O4. The number of hydrogen-bond acceptors (Lipinski definition) is 4. The number of aliphatic carboxylic acids is 1. The van der Waals surface area contributed by atoms with Gasteiger partial charge in [0, 0.05) is 29.6 Å². The van der Waals surface area contributed by atoms with Gasteiger partial charge >= 0.3 is 5.97 Å². The largest absolute Gasteiger partial charge is 0.481 e. The van der Waals surface area contributed by atoms with E-state index in [9.17, 15) is 28.3 Å². The van der Waals surface area contributed by atoms with Gasteiger partial charge in [-0.25, -0.2) is 8.78 Å². The van der Waals surface area contributed by atoms with Gasteiger partial charge in [0.05, 0.1) is 23.2 Å². The van der Waals surface area contributed by atoms with Crippen LogP contribution in [0.4, 0.5) is 14.5 Å². The summed E-state index contributed by atoms with van der Waals surface area (Å²) in [5, 5.41) is 15.8. The van der Waals surface area contributed by atoms with Crippen molar-refractivity contribution in [3.05, 3.63) is 63.1 Å². The van der Waals surface area contributed by atoms with E-state index in [0.717, 1.165) is 11.1 Å². The van der Waals surface area contributed by atoms with E-state index in [0.29, 0.717) is 6.42 Å². The minimum Gasteiger partial charge on any atom is -0.481 e. The molecule has 7 nitrogen and oxygen atoms in total. The van der Waals surface area contributed by atoms with Crippen molar-refractivity contribution in [3.63, 3.8) is 0 Å². The third-order valence-corrected chi connectivity index (χ3v) is 7.96. The number of fused-ring (bicyclic) bond motifs is 4. The SMILES string of the molecule is Cc1ccc(CCNC(=O)C2C3CC(F)(F)CN3C3(C(=O)Nc4c(Cl)cc(Cl)cc43)C2C(=O)O)cc1. The first-order chi connectivity index (χ1) is 17.0. The van der Waals surface area contributed by atoms with Crippen molar-refractivity contribution < 1.29 is 28.3 Å². The number of nitrogens with zero attached hydrogens (tertiary/aromatic N) is 1. The molecule has 0 aliphatic carbocycles. The molecule has 190 valence electrons. The number of carbonyl (C=O) groups excluding carboxylic acids is 2. The van der Waals surface area contributed by atoms with Crippen LogP contribution in [0.15, 0.2) is 36.4 Å². The molecule has 3 aliphatic heterocycles. The molecule has 4 unspecified atom stereocenters. The number of halogens is 4. The second kappa shape index (κ2) is 8.68. The molecule has 4 atom stereocenters. The van der Waals surface area contributed by atoms with Crippen LogP contribution < -0.4 is 10.6 Å². The van der Waals surface area contributed by atoms with Gasteiger partial charge in [0.15, 0.2) is 0 Å². The molecule has 2 aromatic carbocycles. The molecule has 2 fully saturated rings. The van der Waals surface area contributed by atoms with Gasteiger partial charge in [0.1, 0.15) is 11.5 Å².